The molecule has 1 aliphatic heterocycles. The number of amides is 1. The van der Waals surface area contributed by atoms with Crippen molar-refractivity contribution in [1.82, 2.24) is 24.9 Å². The Hall–Kier alpha value is -3.73. The zero-order valence-electron chi connectivity index (χ0n) is 18.5. The van der Waals surface area contributed by atoms with Crippen LogP contribution in [0.25, 0.3) is 22.5 Å². The van der Waals surface area contributed by atoms with Gasteiger partial charge in [-0.25, -0.2) is 0 Å². The first-order chi connectivity index (χ1) is 16.9. The molecule has 35 heavy (non-hydrogen) atoms. The molecule has 0 N–H and O–H groups in total. The highest BCUT2D eigenvalue weighted by Crippen LogP contribution is 2.34. The van der Waals surface area contributed by atoms with Crippen molar-refractivity contribution in [2.75, 3.05) is 31.1 Å². The van der Waals surface area contributed by atoms with Gasteiger partial charge in [0, 0.05) is 31.7 Å². The minimum atomic E-state index is -4.51. The van der Waals surface area contributed by atoms with E-state index in [4.69, 9.17) is 5.10 Å². The molecule has 0 spiro atoms. The first kappa shape index (κ1) is 23.0. The molecule has 4 aromatic rings. The Morgan fingerprint density at radius 3 is 2.11 bits per heavy atom. The fraction of sp³-hybridized carbons (Fsp3) is 0.250. The number of carbonyl (C=O) groups is 1. The molecule has 2 aromatic carbocycles. The Morgan fingerprint density at radius 2 is 1.51 bits per heavy atom. The summed E-state index contributed by atoms with van der Waals surface area (Å²) in [5.74, 6) is -0.0993. The topological polar surface area (TPSA) is 67.2 Å². The molecule has 0 saturated carbocycles. The van der Waals surface area contributed by atoms with Crippen molar-refractivity contribution in [2.24, 2.45) is 0 Å². The minimum Gasteiger partial charge on any atom is -0.343 e. The van der Waals surface area contributed by atoms with Crippen LogP contribution in [0.15, 0.2) is 66.7 Å². The van der Waals surface area contributed by atoms with Gasteiger partial charge < -0.3 is 9.80 Å². The predicted octanol–water partition coefficient (Wildman–Crippen LogP) is 4.44. The third kappa shape index (κ3) is 5.04. The SMILES string of the molecule is O=C(Cn1nc(-c2ccccc2)cc1-c1ccccc1)N1CCN(c2nnc(C(F)(F)F)s2)CC1. The number of carbonyl (C=O) groups excluding carboxylic acids is 1. The molecule has 3 heterocycles. The molecule has 180 valence electrons. The van der Waals surface area contributed by atoms with E-state index >= 15 is 0 Å². The van der Waals surface area contributed by atoms with Gasteiger partial charge in [0.2, 0.25) is 16.0 Å². The Bertz CT molecular complexity index is 1300. The maximum atomic E-state index is 13.1. The second-order valence-electron chi connectivity index (χ2n) is 8.06. The normalized spacial score (nSPS) is 14.4. The van der Waals surface area contributed by atoms with Gasteiger partial charge in [-0.2, -0.15) is 18.3 Å². The third-order valence-electron chi connectivity index (χ3n) is 5.76. The third-order valence-corrected chi connectivity index (χ3v) is 6.79. The summed E-state index contributed by atoms with van der Waals surface area (Å²) in [4.78, 5) is 16.6. The van der Waals surface area contributed by atoms with E-state index in [1.165, 1.54) is 0 Å². The largest absolute Gasteiger partial charge is 0.445 e. The lowest BCUT2D eigenvalue weighted by Gasteiger charge is -2.34. The van der Waals surface area contributed by atoms with E-state index in [9.17, 15) is 18.0 Å². The van der Waals surface area contributed by atoms with Gasteiger partial charge in [0.1, 0.15) is 6.54 Å². The molecule has 5 rings (SSSR count). The number of alkyl halides is 3. The summed E-state index contributed by atoms with van der Waals surface area (Å²) in [6, 6.07) is 21.5. The number of halogens is 3. The van der Waals surface area contributed by atoms with Crippen LogP contribution in [0.2, 0.25) is 0 Å². The molecule has 2 aromatic heterocycles. The summed E-state index contributed by atoms with van der Waals surface area (Å²) in [5, 5.41) is 10.9. The summed E-state index contributed by atoms with van der Waals surface area (Å²) < 4.78 is 40.2. The molecule has 0 atom stereocenters. The number of benzene rings is 2. The van der Waals surface area contributed by atoms with Crippen molar-refractivity contribution in [3.63, 3.8) is 0 Å². The molecular weight excluding hydrogens is 477 g/mol. The quantitative estimate of drug-likeness (QED) is 0.407. The van der Waals surface area contributed by atoms with Crippen molar-refractivity contribution in [2.45, 2.75) is 12.7 Å². The predicted molar refractivity (Wildman–Crippen MR) is 127 cm³/mol. The van der Waals surface area contributed by atoms with Crippen LogP contribution < -0.4 is 4.90 Å². The average Bonchev–Trinajstić information content (AvgIpc) is 3.53. The second-order valence-corrected chi connectivity index (χ2v) is 9.02. The summed E-state index contributed by atoms with van der Waals surface area (Å²) >= 11 is 0.520. The Labute approximate surface area is 203 Å². The summed E-state index contributed by atoms with van der Waals surface area (Å²) in [6.07, 6.45) is -4.51. The number of rotatable bonds is 5. The molecule has 0 bridgehead atoms. The maximum absolute atomic E-state index is 13.1. The maximum Gasteiger partial charge on any atom is 0.445 e. The van der Waals surface area contributed by atoms with Crippen molar-refractivity contribution in [1.29, 1.82) is 0 Å². The molecule has 0 aliphatic carbocycles. The van der Waals surface area contributed by atoms with Crippen LogP contribution in [0.5, 0.6) is 0 Å². The van der Waals surface area contributed by atoms with Crippen molar-refractivity contribution < 1.29 is 18.0 Å². The Kier molecular flexibility index (Phi) is 6.25. The summed E-state index contributed by atoms with van der Waals surface area (Å²) in [5.41, 5.74) is 3.53. The van der Waals surface area contributed by atoms with Crippen molar-refractivity contribution >= 4 is 22.4 Å². The van der Waals surface area contributed by atoms with Gasteiger partial charge in [0.05, 0.1) is 11.4 Å². The van der Waals surface area contributed by atoms with Gasteiger partial charge in [-0.3, -0.25) is 9.48 Å². The van der Waals surface area contributed by atoms with Crippen molar-refractivity contribution in [3.8, 4) is 22.5 Å². The lowest BCUT2D eigenvalue weighted by molar-refractivity contribution is -0.138. The molecule has 1 aliphatic rings. The fourth-order valence-electron chi connectivity index (χ4n) is 3.96. The molecule has 0 radical (unpaired) electrons. The van der Waals surface area contributed by atoms with Gasteiger partial charge in [-0.15, -0.1) is 10.2 Å². The zero-order valence-corrected chi connectivity index (χ0v) is 19.3. The second kappa shape index (κ2) is 9.49. The molecule has 7 nitrogen and oxygen atoms in total. The summed E-state index contributed by atoms with van der Waals surface area (Å²) in [6.45, 7) is 1.60. The average molecular weight is 499 g/mol. The first-order valence-electron chi connectivity index (χ1n) is 11.0. The lowest BCUT2D eigenvalue weighted by Crippen LogP contribution is -2.49. The van der Waals surface area contributed by atoms with Crippen LogP contribution in [-0.2, 0) is 17.5 Å². The Balaban J connectivity index is 1.30. The van der Waals surface area contributed by atoms with E-state index in [1.807, 2.05) is 66.7 Å². The molecule has 1 amide bonds. The van der Waals surface area contributed by atoms with Crippen LogP contribution in [0, 0.1) is 0 Å². The molecule has 11 heteroatoms. The molecular formula is C24H21F3N6OS. The standard InChI is InChI=1S/C24H21F3N6OS/c25-24(26,27)22-28-29-23(35-22)32-13-11-31(12-14-32)21(34)16-33-20(18-9-5-2-6-10-18)15-19(30-33)17-7-3-1-4-8-17/h1-10,15H,11-14,16H2. The van der Waals surface area contributed by atoms with Gasteiger partial charge >= 0.3 is 6.18 Å². The number of nitrogens with zero attached hydrogens (tertiary/aromatic N) is 6. The van der Waals surface area contributed by atoms with Gasteiger partial charge in [-0.05, 0) is 11.6 Å². The van der Waals surface area contributed by atoms with Gasteiger partial charge in [-0.1, -0.05) is 72.0 Å². The fourth-order valence-corrected chi connectivity index (χ4v) is 4.73. The van der Waals surface area contributed by atoms with Crippen LogP contribution in [0.1, 0.15) is 5.01 Å². The van der Waals surface area contributed by atoms with Crippen molar-refractivity contribution in [3.05, 3.63) is 71.7 Å². The van der Waals surface area contributed by atoms with E-state index in [1.54, 1.807) is 14.5 Å². The first-order valence-corrected chi connectivity index (χ1v) is 11.8. The van der Waals surface area contributed by atoms with Crippen LogP contribution >= 0.6 is 11.3 Å². The number of anilines is 1. The van der Waals surface area contributed by atoms with E-state index in [2.05, 4.69) is 10.2 Å². The van der Waals surface area contributed by atoms with Gasteiger partial charge in [0.15, 0.2) is 0 Å². The smallest absolute Gasteiger partial charge is 0.343 e. The highest BCUT2D eigenvalue weighted by Gasteiger charge is 2.36. The molecule has 0 unspecified atom stereocenters. The molecule has 1 fully saturated rings. The molecule has 1 saturated heterocycles. The van der Waals surface area contributed by atoms with E-state index in [-0.39, 0.29) is 17.6 Å². The monoisotopic (exact) mass is 498 g/mol. The number of hydrogen-bond acceptors (Lipinski definition) is 6. The van der Waals surface area contributed by atoms with Crippen LogP contribution in [0.4, 0.5) is 18.3 Å². The number of aromatic nitrogens is 4. The highest BCUT2D eigenvalue weighted by molar-refractivity contribution is 7.15. The number of piperazine rings is 1. The van der Waals surface area contributed by atoms with E-state index < -0.39 is 11.2 Å². The minimum absolute atomic E-state index is 0.0636. The van der Waals surface area contributed by atoms with Crippen LogP contribution in [-0.4, -0.2) is 57.0 Å². The van der Waals surface area contributed by atoms with E-state index in [0.29, 0.717) is 37.5 Å². The Morgan fingerprint density at radius 1 is 0.886 bits per heavy atom. The number of hydrogen-bond donors (Lipinski definition) is 0. The van der Waals surface area contributed by atoms with Crippen LogP contribution in [0.3, 0.4) is 0 Å². The van der Waals surface area contributed by atoms with Gasteiger partial charge in [0.25, 0.3) is 0 Å². The van der Waals surface area contributed by atoms with E-state index in [0.717, 1.165) is 22.5 Å². The zero-order chi connectivity index (χ0) is 24.4. The highest BCUT2D eigenvalue weighted by atomic mass is 32.1. The lowest BCUT2D eigenvalue weighted by atomic mass is 10.1. The summed E-state index contributed by atoms with van der Waals surface area (Å²) in [7, 11) is 0.